The Morgan fingerprint density at radius 2 is 2.20 bits per heavy atom. The summed E-state index contributed by atoms with van der Waals surface area (Å²) in [6.45, 7) is 6.67. The Morgan fingerprint density at radius 1 is 1.45 bits per heavy atom. The minimum Gasteiger partial charge on any atom is -0.303 e. The topological polar surface area (TPSA) is 49.4 Å². The molecule has 4 nitrogen and oxygen atoms in total. The second kappa shape index (κ2) is 6.50. The van der Waals surface area contributed by atoms with Gasteiger partial charge in [-0.3, -0.25) is 14.5 Å². The third-order valence-corrected chi connectivity index (χ3v) is 4.50. The average molecular weight is 294 g/mol. The molecule has 5 heteroatoms. The number of hydrogen-bond donors (Lipinski definition) is 1. The van der Waals surface area contributed by atoms with Gasteiger partial charge in [-0.05, 0) is 38.8 Å². The summed E-state index contributed by atoms with van der Waals surface area (Å²) in [5, 5.41) is 3.30. The van der Waals surface area contributed by atoms with Crippen LogP contribution < -0.4 is 5.32 Å². The van der Waals surface area contributed by atoms with Crippen molar-refractivity contribution < 1.29 is 9.59 Å². The van der Waals surface area contributed by atoms with Crippen molar-refractivity contribution in [1.82, 2.24) is 10.2 Å². The van der Waals surface area contributed by atoms with Crippen molar-refractivity contribution in [3.05, 3.63) is 21.9 Å². The van der Waals surface area contributed by atoms with E-state index >= 15 is 0 Å². The van der Waals surface area contributed by atoms with E-state index in [4.69, 9.17) is 0 Å². The SMILES string of the molecule is CCCN1C(=O)CC(NC(C)Cc2ccc(C)s2)C1=O. The van der Waals surface area contributed by atoms with Gasteiger partial charge in [0.1, 0.15) is 0 Å². The fraction of sp³-hybridized carbons (Fsp3) is 0.600. The molecule has 0 bridgehead atoms. The normalized spacial score (nSPS) is 20.8. The van der Waals surface area contributed by atoms with E-state index in [1.54, 1.807) is 11.3 Å². The van der Waals surface area contributed by atoms with Crippen molar-refractivity contribution in [3.63, 3.8) is 0 Å². The van der Waals surface area contributed by atoms with Gasteiger partial charge in [-0.25, -0.2) is 0 Å². The Bertz CT molecular complexity index is 498. The Labute approximate surface area is 124 Å². The van der Waals surface area contributed by atoms with Gasteiger partial charge in [-0.1, -0.05) is 6.92 Å². The third kappa shape index (κ3) is 3.46. The minimum absolute atomic E-state index is 0.0477. The summed E-state index contributed by atoms with van der Waals surface area (Å²) in [6, 6.07) is 4.09. The molecule has 110 valence electrons. The van der Waals surface area contributed by atoms with E-state index in [0.717, 1.165) is 12.8 Å². The van der Waals surface area contributed by atoms with Gasteiger partial charge in [-0.15, -0.1) is 11.3 Å². The molecule has 20 heavy (non-hydrogen) atoms. The highest BCUT2D eigenvalue weighted by atomic mass is 32.1. The molecule has 0 spiro atoms. The summed E-state index contributed by atoms with van der Waals surface area (Å²) >= 11 is 1.78. The highest BCUT2D eigenvalue weighted by Crippen LogP contribution is 2.18. The molecule has 1 aliphatic rings. The van der Waals surface area contributed by atoms with Crippen LogP contribution in [0, 0.1) is 6.92 Å². The van der Waals surface area contributed by atoms with Crippen molar-refractivity contribution in [2.45, 2.75) is 52.1 Å². The molecule has 0 saturated carbocycles. The highest BCUT2D eigenvalue weighted by Gasteiger charge is 2.38. The first-order chi connectivity index (χ1) is 9.51. The molecule has 2 amide bonds. The predicted molar refractivity (Wildman–Crippen MR) is 80.8 cm³/mol. The van der Waals surface area contributed by atoms with Gasteiger partial charge < -0.3 is 5.32 Å². The van der Waals surface area contributed by atoms with Crippen LogP contribution in [-0.2, 0) is 16.0 Å². The number of amides is 2. The molecule has 0 aliphatic carbocycles. The number of nitrogens with zero attached hydrogens (tertiary/aromatic N) is 1. The van der Waals surface area contributed by atoms with Crippen molar-refractivity contribution in [2.75, 3.05) is 6.54 Å². The van der Waals surface area contributed by atoms with Crippen LogP contribution in [0.4, 0.5) is 0 Å². The summed E-state index contributed by atoms with van der Waals surface area (Å²) in [4.78, 5) is 27.9. The number of carbonyl (C=O) groups excluding carboxylic acids is 2. The number of nitrogens with one attached hydrogen (secondary N) is 1. The number of likely N-dealkylation sites (tertiary alicyclic amines) is 1. The molecule has 1 aromatic rings. The molecule has 2 heterocycles. The molecule has 1 N–H and O–H groups in total. The van der Waals surface area contributed by atoms with Gasteiger partial charge in [0.05, 0.1) is 12.5 Å². The van der Waals surface area contributed by atoms with Crippen molar-refractivity contribution in [1.29, 1.82) is 0 Å². The third-order valence-electron chi connectivity index (χ3n) is 3.48. The second-order valence-corrected chi connectivity index (χ2v) is 6.80. The molecule has 1 aromatic heterocycles. The van der Waals surface area contributed by atoms with E-state index in [2.05, 4.69) is 31.3 Å². The fourth-order valence-electron chi connectivity index (χ4n) is 2.57. The van der Waals surface area contributed by atoms with E-state index < -0.39 is 0 Å². The van der Waals surface area contributed by atoms with Crippen LogP contribution in [0.25, 0.3) is 0 Å². The van der Waals surface area contributed by atoms with Crippen molar-refractivity contribution in [2.24, 2.45) is 0 Å². The maximum absolute atomic E-state index is 12.1. The molecule has 1 aliphatic heterocycles. The van der Waals surface area contributed by atoms with Crippen LogP contribution in [0.5, 0.6) is 0 Å². The first kappa shape index (κ1) is 15.2. The fourth-order valence-corrected chi connectivity index (χ4v) is 3.59. The number of rotatable bonds is 6. The summed E-state index contributed by atoms with van der Waals surface area (Å²) in [7, 11) is 0. The van der Waals surface area contributed by atoms with Crippen LogP contribution >= 0.6 is 11.3 Å². The van der Waals surface area contributed by atoms with Crippen LogP contribution in [0.15, 0.2) is 12.1 Å². The average Bonchev–Trinajstić information content (AvgIpc) is 2.89. The number of thiophene rings is 1. The first-order valence-electron chi connectivity index (χ1n) is 7.16. The maximum atomic E-state index is 12.1. The lowest BCUT2D eigenvalue weighted by Gasteiger charge is -2.18. The summed E-state index contributed by atoms with van der Waals surface area (Å²) in [5.74, 6) is -0.112. The number of hydrogen-bond acceptors (Lipinski definition) is 4. The van der Waals surface area contributed by atoms with Crippen molar-refractivity contribution in [3.8, 4) is 0 Å². The van der Waals surface area contributed by atoms with Crippen molar-refractivity contribution >= 4 is 23.2 Å². The molecule has 2 atom stereocenters. The zero-order valence-corrected chi connectivity index (χ0v) is 13.1. The predicted octanol–water partition coefficient (Wildman–Crippen LogP) is 2.11. The molecule has 1 saturated heterocycles. The Kier molecular flexibility index (Phi) is 4.94. The Hall–Kier alpha value is -1.20. The summed E-state index contributed by atoms with van der Waals surface area (Å²) in [5.41, 5.74) is 0. The lowest BCUT2D eigenvalue weighted by Crippen LogP contribution is -2.43. The Morgan fingerprint density at radius 3 is 2.80 bits per heavy atom. The van der Waals surface area contributed by atoms with E-state index in [0.29, 0.717) is 13.0 Å². The van der Waals surface area contributed by atoms with E-state index in [9.17, 15) is 9.59 Å². The molecule has 0 radical (unpaired) electrons. The molecule has 2 unspecified atom stereocenters. The van der Waals surface area contributed by atoms with E-state index in [-0.39, 0.29) is 23.9 Å². The Balaban J connectivity index is 1.90. The second-order valence-electron chi connectivity index (χ2n) is 5.42. The maximum Gasteiger partial charge on any atom is 0.246 e. The largest absolute Gasteiger partial charge is 0.303 e. The van der Waals surface area contributed by atoms with Gasteiger partial charge in [0, 0.05) is 22.3 Å². The zero-order valence-electron chi connectivity index (χ0n) is 12.3. The van der Waals surface area contributed by atoms with Crippen LogP contribution in [-0.4, -0.2) is 35.3 Å². The number of imide groups is 1. The molecular weight excluding hydrogens is 272 g/mol. The monoisotopic (exact) mass is 294 g/mol. The molecule has 1 fully saturated rings. The number of aryl methyl sites for hydroxylation is 1. The lowest BCUT2D eigenvalue weighted by molar-refractivity contribution is -0.138. The smallest absolute Gasteiger partial charge is 0.246 e. The van der Waals surface area contributed by atoms with Crippen LogP contribution in [0.1, 0.15) is 36.4 Å². The quantitative estimate of drug-likeness (QED) is 0.818. The van der Waals surface area contributed by atoms with Crippen LogP contribution in [0.3, 0.4) is 0 Å². The van der Waals surface area contributed by atoms with E-state index in [1.807, 2.05) is 6.92 Å². The standard InChI is InChI=1S/C15H22N2O2S/c1-4-7-17-14(18)9-13(15(17)19)16-10(2)8-12-6-5-11(3)20-12/h5-6,10,13,16H,4,7-9H2,1-3H3. The van der Waals surface area contributed by atoms with Gasteiger partial charge >= 0.3 is 0 Å². The van der Waals surface area contributed by atoms with Gasteiger partial charge in [0.25, 0.3) is 0 Å². The summed E-state index contributed by atoms with van der Waals surface area (Å²) in [6.07, 6.45) is 2.01. The molecule has 2 rings (SSSR count). The van der Waals surface area contributed by atoms with E-state index in [1.165, 1.54) is 14.7 Å². The summed E-state index contributed by atoms with van der Waals surface area (Å²) < 4.78 is 0. The molecular formula is C15H22N2O2S. The first-order valence-corrected chi connectivity index (χ1v) is 7.98. The highest BCUT2D eigenvalue weighted by molar-refractivity contribution is 7.11. The lowest BCUT2D eigenvalue weighted by atomic mass is 10.1. The minimum atomic E-state index is -0.342. The van der Waals surface area contributed by atoms with Gasteiger partial charge in [-0.2, -0.15) is 0 Å². The van der Waals surface area contributed by atoms with Gasteiger partial charge in [0.15, 0.2) is 0 Å². The number of carbonyl (C=O) groups is 2. The molecule has 0 aromatic carbocycles. The van der Waals surface area contributed by atoms with Crippen LogP contribution in [0.2, 0.25) is 0 Å². The zero-order chi connectivity index (χ0) is 14.7. The van der Waals surface area contributed by atoms with Gasteiger partial charge in [0.2, 0.25) is 11.8 Å².